The number of amides is 1. The van der Waals surface area contributed by atoms with Gasteiger partial charge in [-0.3, -0.25) is 9.59 Å². The van der Waals surface area contributed by atoms with Crippen molar-refractivity contribution in [3.63, 3.8) is 0 Å². The number of carboxylic acids is 1. The maximum absolute atomic E-state index is 12.8. The summed E-state index contributed by atoms with van der Waals surface area (Å²) in [7, 11) is 0. The Bertz CT molecular complexity index is 742. The van der Waals surface area contributed by atoms with E-state index in [0.717, 1.165) is 22.6 Å². The average molecular weight is 363 g/mol. The Labute approximate surface area is 152 Å². The van der Waals surface area contributed by atoms with Crippen LogP contribution in [0.25, 0.3) is 11.0 Å². The fourth-order valence-electron chi connectivity index (χ4n) is 2.77. The molecule has 1 aromatic carbocycles. The molecular formula is C18H25N3O3S. The standard InChI is InChI=1S/C18H25N3O3S/c1-13(2)10-20(9-8-18(23)24)17(22)11-21-15-7-5-4-6-14(15)19-16(21)12-25-3/h4-7,13H,8-12H2,1-3H3,(H,23,24). The summed E-state index contributed by atoms with van der Waals surface area (Å²) < 4.78 is 1.95. The first-order chi connectivity index (χ1) is 11.9. The number of hydrogen-bond donors (Lipinski definition) is 1. The van der Waals surface area contributed by atoms with E-state index in [1.807, 2.05) is 48.9 Å². The van der Waals surface area contributed by atoms with Gasteiger partial charge < -0.3 is 14.6 Å². The Balaban J connectivity index is 2.25. The highest BCUT2D eigenvalue weighted by Gasteiger charge is 2.19. The second-order valence-corrected chi connectivity index (χ2v) is 7.28. The first-order valence-electron chi connectivity index (χ1n) is 8.35. The number of rotatable bonds is 9. The molecule has 0 atom stereocenters. The summed E-state index contributed by atoms with van der Waals surface area (Å²) in [5, 5.41) is 8.93. The zero-order valence-electron chi connectivity index (χ0n) is 14.9. The molecule has 7 heteroatoms. The number of fused-ring (bicyclic) bond motifs is 1. The molecule has 25 heavy (non-hydrogen) atoms. The fourth-order valence-corrected chi connectivity index (χ4v) is 3.24. The molecule has 1 N–H and O–H groups in total. The molecule has 0 saturated carbocycles. The molecule has 0 aliphatic carbocycles. The van der Waals surface area contributed by atoms with Gasteiger partial charge in [0.2, 0.25) is 5.91 Å². The normalized spacial score (nSPS) is 11.2. The number of thioether (sulfide) groups is 1. The van der Waals surface area contributed by atoms with Crippen LogP contribution in [0.5, 0.6) is 0 Å². The lowest BCUT2D eigenvalue weighted by atomic mass is 10.2. The lowest BCUT2D eigenvalue weighted by molar-refractivity contribution is -0.138. The van der Waals surface area contributed by atoms with Gasteiger partial charge in [0.05, 0.1) is 23.2 Å². The Morgan fingerprint density at radius 2 is 2.04 bits per heavy atom. The highest BCUT2D eigenvalue weighted by atomic mass is 32.2. The fraction of sp³-hybridized carbons (Fsp3) is 0.500. The minimum atomic E-state index is -0.891. The van der Waals surface area contributed by atoms with Crippen LogP contribution in [0.15, 0.2) is 24.3 Å². The van der Waals surface area contributed by atoms with E-state index in [1.54, 1.807) is 16.7 Å². The lowest BCUT2D eigenvalue weighted by Crippen LogP contribution is -2.38. The van der Waals surface area contributed by atoms with Crippen LogP contribution >= 0.6 is 11.8 Å². The molecule has 0 aliphatic rings. The quantitative estimate of drug-likeness (QED) is 0.741. The number of aliphatic carboxylic acids is 1. The molecular weight excluding hydrogens is 338 g/mol. The van der Waals surface area contributed by atoms with E-state index in [-0.39, 0.29) is 31.3 Å². The Morgan fingerprint density at radius 3 is 2.68 bits per heavy atom. The maximum atomic E-state index is 12.8. The average Bonchev–Trinajstić information content (AvgIpc) is 2.89. The third-order valence-electron chi connectivity index (χ3n) is 3.83. The van der Waals surface area contributed by atoms with E-state index < -0.39 is 5.97 Å². The molecule has 0 spiro atoms. The van der Waals surface area contributed by atoms with Crippen molar-refractivity contribution in [1.82, 2.24) is 14.5 Å². The van der Waals surface area contributed by atoms with Crippen LogP contribution in [0.3, 0.4) is 0 Å². The van der Waals surface area contributed by atoms with E-state index in [1.165, 1.54) is 0 Å². The molecule has 2 aromatic rings. The first-order valence-corrected chi connectivity index (χ1v) is 9.74. The highest BCUT2D eigenvalue weighted by Crippen LogP contribution is 2.19. The van der Waals surface area contributed by atoms with Crippen LogP contribution in [0.4, 0.5) is 0 Å². The topological polar surface area (TPSA) is 75.4 Å². The first kappa shape index (κ1) is 19.3. The van der Waals surface area contributed by atoms with Crippen LogP contribution in [-0.2, 0) is 21.9 Å². The third kappa shape index (κ3) is 5.22. The summed E-state index contributed by atoms with van der Waals surface area (Å²) in [4.78, 5) is 30.0. The number of carbonyl (C=O) groups is 2. The Hall–Kier alpha value is -2.02. The number of hydrogen-bond acceptors (Lipinski definition) is 4. The van der Waals surface area contributed by atoms with E-state index in [9.17, 15) is 9.59 Å². The van der Waals surface area contributed by atoms with Gasteiger partial charge in [-0.05, 0) is 24.3 Å². The second kappa shape index (κ2) is 8.89. The molecule has 0 unspecified atom stereocenters. The molecule has 1 aromatic heterocycles. The molecule has 0 aliphatic heterocycles. The predicted octanol–water partition coefficient (Wildman–Crippen LogP) is 2.86. The smallest absolute Gasteiger partial charge is 0.305 e. The van der Waals surface area contributed by atoms with Crippen LogP contribution < -0.4 is 0 Å². The number of imidazole rings is 1. The van der Waals surface area contributed by atoms with Gasteiger partial charge in [-0.2, -0.15) is 11.8 Å². The lowest BCUT2D eigenvalue weighted by Gasteiger charge is -2.24. The summed E-state index contributed by atoms with van der Waals surface area (Å²) in [6.07, 6.45) is 1.96. The van der Waals surface area contributed by atoms with E-state index in [2.05, 4.69) is 4.98 Å². The maximum Gasteiger partial charge on any atom is 0.305 e. The number of nitrogens with zero attached hydrogens (tertiary/aromatic N) is 3. The number of para-hydroxylation sites is 2. The highest BCUT2D eigenvalue weighted by molar-refractivity contribution is 7.97. The summed E-state index contributed by atoms with van der Waals surface area (Å²) >= 11 is 1.66. The Kier molecular flexibility index (Phi) is 6.87. The molecule has 0 saturated heterocycles. The molecule has 136 valence electrons. The van der Waals surface area contributed by atoms with Crippen molar-refractivity contribution in [2.75, 3.05) is 19.3 Å². The van der Waals surface area contributed by atoms with E-state index in [0.29, 0.717) is 6.54 Å². The van der Waals surface area contributed by atoms with E-state index >= 15 is 0 Å². The van der Waals surface area contributed by atoms with Crippen molar-refractivity contribution < 1.29 is 14.7 Å². The minimum absolute atomic E-state index is 0.0409. The number of aromatic nitrogens is 2. The largest absolute Gasteiger partial charge is 0.481 e. The molecule has 0 fully saturated rings. The van der Waals surface area contributed by atoms with Gasteiger partial charge in [0, 0.05) is 13.1 Å². The zero-order chi connectivity index (χ0) is 18.4. The predicted molar refractivity (Wildman–Crippen MR) is 101 cm³/mol. The van der Waals surface area contributed by atoms with Crippen molar-refractivity contribution >= 4 is 34.7 Å². The molecule has 0 radical (unpaired) electrons. The Morgan fingerprint density at radius 1 is 1.32 bits per heavy atom. The summed E-state index contributed by atoms with van der Waals surface area (Å²) in [5.41, 5.74) is 1.81. The van der Waals surface area contributed by atoms with Crippen molar-refractivity contribution in [3.05, 3.63) is 30.1 Å². The van der Waals surface area contributed by atoms with Gasteiger partial charge in [-0.1, -0.05) is 26.0 Å². The summed E-state index contributed by atoms with van der Waals surface area (Å²) in [6, 6.07) is 7.77. The van der Waals surface area contributed by atoms with Crippen molar-refractivity contribution in [2.45, 2.75) is 32.6 Å². The zero-order valence-corrected chi connectivity index (χ0v) is 15.8. The van der Waals surface area contributed by atoms with Gasteiger partial charge in [-0.25, -0.2) is 4.98 Å². The van der Waals surface area contributed by atoms with Gasteiger partial charge in [0.15, 0.2) is 0 Å². The van der Waals surface area contributed by atoms with Gasteiger partial charge >= 0.3 is 5.97 Å². The third-order valence-corrected chi connectivity index (χ3v) is 4.38. The van der Waals surface area contributed by atoms with E-state index in [4.69, 9.17) is 5.11 Å². The monoisotopic (exact) mass is 363 g/mol. The molecule has 1 amide bonds. The van der Waals surface area contributed by atoms with Crippen LogP contribution in [0.2, 0.25) is 0 Å². The molecule has 2 rings (SSSR count). The van der Waals surface area contributed by atoms with Gasteiger partial charge in [0.25, 0.3) is 0 Å². The van der Waals surface area contributed by atoms with Gasteiger partial charge in [0.1, 0.15) is 12.4 Å². The summed E-state index contributed by atoms with van der Waals surface area (Å²) in [6.45, 7) is 5.01. The second-order valence-electron chi connectivity index (χ2n) is 6.41. The van der Waals surface area contributed by atoms with Gasteiger partial charge in [-0.15, -0.1) is 0 Å². The van der Waals surface area contributed by atoms with Crippen LogP contribution in [-0.4, -0.2) is 50.8 Å². The molecule has 1 heterocycles. The number of carbonyl (C=O) groups excluding carboxylic acids is 1. The van der Waals surface area contributed by atoms with Crippen molar-refractivity contribution in [2.24, 2.45) is 5.92 Å². The number of benzene rings is 1. The molecule has 0 bridgehead atoms. The minimum Gasteiger partial charge on any atom is -0.481 e. The van der Waals surface area contributed by atoms with Crippen LogP contribution in [0.1, 0.15) is 26.1 Å². The molecule has 6 nitrogen and oxygen atoms in total. The van der Waals surface area contributed by atoms with Crippen LogP contribution in [0, 0.1) is 5.92 Å². The number of carboxylic acid groups (broad SMARTS) is 1. The van der Waals surface area contributed by atoms with Crippen molar-refractivity contribution in [1.29, 1.82) is 0 Å². The van der Waals surface area contributed by atoms with Crippen molar-refractivity contribution in [3.8, 4) is 0 Å². The summed E-state index contributed by atoms with van der Waals surface area (Å²) in [5.74, 6) is 0.909. The SMILES string of the molecule is CSCc1nc2ccccc2n1CC(=O)N(CCC(=O)O)CC(C)C.